The van der Waals surface area contributed by atoms with E-state index < -0.39 is 0 Å². The third kappa shape index (κ3) is 3.21. The lowest BCUT2D eigenvalue weighted by Gasteiger charge is -2.38. The van der Waals surface area contributed by atoms with Crippen LogP contribution in [0.3, 0.4) is 0 Å². The number of allylic oxidation sites excluding steroid dienone is 1. The number of amides is 1. The molecular weight excluding hydrogens is 282 g/mol. The van der Waals surface area contributed by atoms with Crippen molar-refractivity contribution >= 4 is 5.91 Å². The molecule has 2 heteroatoms. The zero-order valence-electron chi connectivity index (χ0n) is 13.7. The normalized spacial score (nSPS) is 16.7. The molecule has 2 aromatic rings. The summed E-state index contributed by atoms with van der Waals surface area (Å²) in [6.45, 7) is 6.60. The van der Waals surface area contributed by atoms with Crippen molar-refractivity contribution in [3.63, 3.8) is 0 Å². The van der Waals surface area contributed by atoms with E-state index in [0.717, 1.165) is 19.4 Å². The maximum absolute atomic E-state index is 12.7. The minimum atomic E-state index is 0.0258. The van der Waals surface area contributed by atoms with Gasteiger partial charge in [0.1, 0.15) is 0 Å². The van der Waals surface area contributed by atoms with Gasteiger partial charge in [-0.15, -0.1) is 6.58 Å². The molecule has 1 amide bonds. The summed E-state index contributed by atoms with van der Waals surface area (Å²) in [6, 6.07) is 17.1. The van der Waals surface area contributed by atoms with E-state index >= 15 is 0 Å². The molecule has 0 N–H and O–H groups in total. The third-order valence-electron chi connectivity index (χ3n) is 4.56. The van der Waals surface area contributed by atoms with Gasteiger partial charge in [-0.2, -0.15) is 0 Å². The van der Waals surface area contributed by atoms with Crippen molar-refractivity contribution in [1.82, 2.24) is 4.90 Å². The number of hydrogen-bond donors (Lipinski definition) is 0. The van der Waals surface area contributed by atoms with Gasteiger partial charge in [-0.3, -0.25) is 4.79 Å². The smallest absolute Gasteiger partial charge is 0.223 e. The van der Waals surface area contributed by atoms with Gasteiger partial charge in [-0.25, -0.2) is 0 Å². The van der Waals surface area contributed by atoms with Crippen LogP contribution in [-0.2, 0) is 11.2 Å². The van der Waals surface area contributed by atoms with Crippen molar-refractivity contribution in [1.29, 1.82) is 0 Å². The number of carbonyl (C=O) groups is 1. The summed E-state index contributed by atoms with van der Waals surface area (Å²) in [5.41, 5.74) is 5.04. The van der Waals surface area contributed by atoms with Crippen molar-refractivity contribution in [2.75, 3.05) is 6.54 Å². The molecule has 0 saturated heterocycles. The fourth-order valence-corrected chi connectivity index (χ4v) is 3.31. The Morgan fingerprint density at radius 1 is 1.22 bits per heavy atom. The summed E-state index contributed by atoms with van der Waals surface area (Å²) in [7, 11) is 0. The molecule has 0 saturated carbocycles. The molecule has 1 aliphatic heterocycles. The largest absolute Gasteiger partial charge is 0.331 e. The van der Waals surface area contributed by atoms with E-state index in [-0.39, 0.29) is 11.9 Å². The number of carbonyl (C=O) groups excluding carboxylic acids is 1. The molecule has 3 rings (SSSR count). The molecule has 1 aliphatic rings. The van der Waals surface area contributed by atoms with Crippen molar-refractivity contribution in [2.24, 2.45) is 0 Å². The highest BCUT2D eigenvalue weighted by Crippen LogP contribution is 2.35. The quantitative estimate of drug-likeness (QED) is 0.765. The van der Waals surface area contributed by atoms with Crippen molar-refractivity contribution < 1.29 is 4.79 Å². The van der Waals surface area contributed by atoms with Crippen LogP contribution in [0.15, 0.2) is 61.2 Å². The maximum atomic E-state index is 12.7. The van der Waals surface area contributed by atoms with E-state index in [2.05, 4.69) is 62.0 Å². The number of benzene rings is 2. The van der Waals surface area contributed by atoms with Crippen molar-refractivity contribution in [3.05, 3.63) is 83.4 Å². The van der Waals surface area contributed by atoms with E-state index in [1.807, 2.05) is 11.0 Å². The molecule has 2 nitrogen and oxygen atoms in total. The number of hydrogen-bond acceptors (Lipinski definition) is 1. The highest BCUT2D eigenvalue weighted by Gasteiger charge is 2.31. The Hall–Kier alpha value is -2.35. The Balaban J connectivity index is 2.01. The van der Waals surface area contributed by atoms with Crippen molar-refractivity contribution in [2.45, 2.75) is 32.2 Å². The lowest BCUT2D eigenvalue weighted by atomic mass is 9.87. The molecule has 0 radical (unpaired) electrons. The Kier molecular flexibility index (Phi) is 4.61. The van der Waals surface area contributed by atoms with Gasteiger partial charge in [0, 0.05) is 13.0 Å². The fourth-order valence-electron chi connectivity index (χ4n) is 3.31. The van der Waals surface area contributed by atoms with E-state index in [4.69, 9.17) is 0 Å². The average molecular weight is 305 g/mol. The maximum Gasteiger partial charge on any atom is 0.223 e. The van der Waals surface area contributed by atoms with Crippen LogP contribution in [0.2, 0.25) is 0 Å². The molecule has 0 aromatic heterocycles. The molecule has 1 atom stereocenters. The molecular formula is C21H23NO. The van der Waals surface area contributed by atoms with Gasteiger partial charge in [0.15, 0.2) is 0 Å². The molecule has 0 bridgehead atoms. The van der Waals surface area contributed by atoms with Crippen LogP contribution in [0.4, 0.5) is 0 Å². The zero-order valence-corrected chi connectivity index (χ0v) is 13.7. The van der Waals surface area contributed by atoms with Crippen LogP contribution in [0, 0.1) is 6.92 Å². The van der Waals surface area contributed by atoms with Gasteiger partial charge < -0.3 is 4.90 Å². The minimum absolute atomic E-state index is 0.0258. The van der Waals surface area contributed by atoms with Gasteiger partial charge in [0.2, 0.25) is 5.91 Å². The molecule has 0 aliphatic carbocycles. The van der Waals surface area contributed by atoms with Crippen LogP contribution in [-0.4, -0.2) is 17.4 Å². The molecule has 0 fully saturated rings. The lowest BCUT2D eigenvalue weighted by molar-refractivity contribution is -0.133. The second-order valence-corrected chi connectivity index (χ2v) is 6.18. The van der Waals surface area contributed by atoms with Gasteiger partial charge in [-0.05, 0) is 36.5 Å². The predicted octanol–water partition coefficient (Wildman–Crippen LogP) is 4.44. The Bertz CT molecular complexity index is 702. The van der Waals surface area contributed by atoms with E-state index in [0.29, 0.717) is 6.42 Å². The fraction of sp³-hybridized carbons (Fsp3) is 0.286. The Labute approximate surface area is 138 Å². The first-order chi connectivity index (χ1) is 11.2. The Morgan fingerprint density at radius 2 is 1.96 bits per heavy atom. The van der Waals surface area contributed by atoms with E-state index in [1.165, 1.54) is 22.3 Å². The van der Waals surface area contributed by atoms with E-state index in [9.17, 15) is 4.79 Å². The molecule has 1 heterocycles. The number of rotatable bonds is 4. The second kappa shape index (κ2) is 6.82. The number of nitrogens with zero attached hydrogens (tertiary/aromatic N) is 1. The summed E-state index contributed by atoms with van der Waals surface area (Å²) in [5, 5.41) is 0. The third-order valence-corrected chi connectivity index (χ3v) is 4.56. The lowest BCUT2D eigenvalue weighted by Crippen LogP contribution is -2.40. The van der Waals surface area contributed by atoms with Crippen LogP contribution < -0.4 is 0 Å². The standard InChI is InChI=1S/C21H23NO/c1-3-4-9-20(23)22-15-14-17-7-5-6-8-19(17)21(22)18-12-10-16(2)11-13-18/h3,5-8,10-13,21H,1,4,9,14-15H2,2H3. The minimum Gasteiger partial charge on any atom is -0.331 e. The first kappa shape index (κ1) is 15.5. The monoisotopic (exact) mass is 305 g/mol. The second-order valence-electron chi connectivity index (χ2n) is 6.18. The van der Waals surface area contributed by atoms with Gasteiger partial charge in [-0.1, -0.05) is 60.2 Å². The van der Waals surface area contributed by atoms with Gasteiger partial charge in [0.25, 0.3) is 0 Å². The SMILES string of the molecule is C=CCCC(=O)N1CCc2ccccc2C1c1ccc(C)cc1. The van der Waals surface area contributed by atoms with Crippen LogP contribution in [0.25, 0.3) is 0 Å². The summed E-state index contributed by atoms with van der Waals surface area (Å²) < 4.78 is 0. The van der Waals surface area contributed by atoms with Gasteiger partial charge >= 0.3 is 0 Å². The molecule has 23 heavy (non-hydrogen) atoms. The first-order valence-corrected chi connectivity index (χ1v) is 8.25. The summed E-state index contributed by atoms with van der Waals surface area (Å²) in [5.74, 6) is 0.213. The summed E-state index contributed by atoms with van der Waals surface area (Å²) >= 11 is 0. The summed E-state index contributed by atoms with van der Waals surface area (Å²) in [4.78, 5) is 14.7. The number of fused-ring (bicyclic) bond motifs is 1. The first-order valence-electron chi connectivity index (χ1n) is 8.25. The molecule has 2 aromatic carbocycles. The molecule has 0 spiro atoms. The molecule has 1 unspecified atom stereocenters. The summed E-state index contributed by atoms with van der Waals surface area (Å²) in [6.07, 6.45) is 4.01. The topological polar surface area (TPSA) is 20.3 Å². The van der Waals surface area contributed by atoms with Gasteiger partial charge in [0.05, 0.1) is 6.04 Å². The van der Waals surface area contributed by atoms with Crippen LogP contribution in [0.1, 0.15) is 41.1 Å². The highest BCUT2D eigenvalue weighted by atomic mass is 16.2. The van der Waals surface area contributed by atoms with Crippen LogP contribution >= 0.6 is 0 Å². The van der Waals surface area contributed by atoms with E-state index in [1.54, 1.807) is 0 Å². The Morgan fingerprint density at radius 3 is 2.70 bits per heavy atom. The average Bonchev–Trinajstić information content (AvgIpc) is 2.59. The number of aryl methyl sites for hydroxylation is 1. The van der Waals surface area contributed by atoms with Crippen molar-refractivity contribution in [3.8, 4) is 0 Å². The predicted molar refractivity (Wildman–Crippen MR) is 94.3 cm³/mol. The molecule has 118 valence electrons. The zero-order chi connectivity index (χ0) is 16.2. The van der Waals surface area contributed by atoms with Crippen LogP contribution in [0.5, 0.6) is 0 Å². The highest BCUT2D eigenvalue weighted by molar-refractivity contribution is 5.78.